The van der Waals surface area contributed by atoms with Crippen LogP contribution in [0.3, 0.4) is 0 Å². The lowest BCUT2D eigenvalue weighted by Crippen LogP contribution is -2.41. The molecule has 1 unspecified atom stereocenters. The van der Waals surface area contributed by atoms with E-state index in [0.29, 0.717) is 18.2 Å². The molecule has 1 aromatic heterocycles. The van der Waals surface area contributed by atoms with Crippen molar-refractivity contribution in [1.29, 1.82) is 0 Å². The van der Waals surface area contributed by atoms with Crippen molar-refractivity contribution in [2.45, 2.75) is 38.3 Å². The highest BCUT2D eigenvalue weighted by Crippen LogP contribution is 2.22. The summed E-state index contributed by atoms with van der Waals surface area (Å²) in [5.41, 5.74) is 1.12. The van der Waals surface area contributed by atoms with Gasteiger partial charge in [-0.3, -0.25) is 9.58 Å². The smallest absolute Gasteiger partial charge is 0.339 e. The van der Waals surface area contributed by atoms with Crippen LogP contribution in [0.15, 0.2) is 6.20 Å². The predicted molar refractivity (Wildman–Crippen MR) is 76.8 cm³/mol. The highest BCUT2D eigenvalue weighted by atomic mass is 16.4. The van der Waals surface area contributed by atoms with Gasteiger partial charge in [-0.05, 0) is 39.4 Å². The van der Waals surface area contributed by atoms with Crippen molar-refractivity contribution in [1.82, 2.24) is 20.0 Å². The average molecular weight is 280 g/mol. The van der Waals surface area contributed by atoms with Gasteiger partial charge in [-0.15, -0.1) is 0 Å². The molecule has 2 heterocycles. The van der Waals surface area contributed by atoms with Gasteiger partial charge in [-0.2, -0.15) is 5.10 Å². The standard InChI is InChI=1S/C14H24N4O2/c1-15-7-6-11-5-3-4-8-18(11)10-13-12(14(19)20)9-16-17(13)2/h9,11,15H,3-8,10H2,1-2H3,(H,19,20). The molecule has 0 saturated carbocycles. The summed E-state index contributed by atoms with van der Waals surface area (Å²) in [6.45, 7) is 2.71. The van der Waals surface area contributed by atoms with E-state index in [1.54, 1.807) is 4.68 Å². The molecule has 1 atom stereocenters. The summed E-state index contributed by atoms with van der Waals surface area (Å²) in [5, 5.41) is 16.5. The number of carbonyl (C=O) groups is 1. The minimum atomic E-state index is -0.892. The zero-order valence-corrected chi connectivity index (χ0v) is 12.3. The Morgan fingerprint density at radius 2 is 2.35 bits per heavy atom. The van der Waals surface area contributed by atoms with E-state index in [9.17, 15) is 9.90 Å². The zero-order chi connectivity index (χ0) is 14.5. The number of carboxylic acid groups (broad SMARTS) is 1. The Labute approximate surface area is 119 Å². The number of nitrogens with one attached hydrogen (secondary N) is 1. The molecule has 6 heteroatoms. The lowest BCUT2D eigenvalue weighted by molar-refractivity contribution is 0.0691. The normalized spacial score (nSPS) is 20.2. The van der Waals surface area contributed by atoms with Crippen LogP contribution in [0.1, 0.15) is 41.7 Å². The van der Waals surface area contributed by atoms with Crippen LogP contribution in [0, 0.1) is 0 Å². The van der Waals surface area contributed by atoms with Crippen LogP contribution in [0.2, 0.25) is 0 Å². The SMILES string of the molecule is CNCCC1CCCCN1Cc1c(C(=O)O)cnn1C. The van der Waals surface area contributed by atoms with Crippen LogP contribution in [0.5, 0.6) is 0 Å². The van der Waals surface area contributed by atoms with Crippen molar-refractivity contribution in [3.63, 3.8) is 0 Å². The Morgan fingerprint density at radius 3 is 3.05 bits per heavy atom. The van der Waals surface area contributed by atoms with E-state index in [1.807, 2.05) is 14.1 Å². The van der Waals surface area contributed by atoms with Crippen molar-refractivity contribution in [3.05, 3.63) is 17.5 Å². The first-order valence-corrected chi connectivity index (χ1v) is 7.26. The Kier molecular flexibility index (Phi) is 5.14. The average Bonchev–Trinajstić information content (AvgIpc) is 2.79. The van der Waals surface area contributed by atoms with Crippen molar-refractivity contribution in [2.24, 2.45) is 7.05 Å². The molecule has 1 aromatic rings. The van der Waals surface area contributed by atoms with E-state index in [1.165, 1.54) is 25.5 Å². The summed E-state index contributed by atoms with van der Waals surface area (Å²) in [6, 6.07) is 0.535. The third-order valence-corrected chi connectivity index (χ3v) is 4.12. The molecule has 0 aromatic carbocycles. The molecule has 112 valence electrons. The van der Waals surface area contributed by atoms with E-state index < -0.39 is 5.97 Å². The van der Waals surface area contributed by atoms with Gasteiger partial charge >= 0.3 is 5.97 Å². The third-order valence-electron chi connectivity index (χ3n) is 4.12. The number of rotatable bonds is 6. The Morgan fingerprint density at radius 1 is 1.55 bits per heavy atom. The second kappa shape index (κ2) is 6.85. The molecule has 0 amide bonds. The molecule has 2 rings (SSSR count). The molecule has 1 saturated heterocycles. The predicted octanol–water partition coefficient (Wildman–Crippen LogP) is 1.08. The number of likely N-dealkylation sites (tertiary alicyclic amines) is 1. The Balaban J connectivity index is 2.10. The molecule has 0 radical (unpaired) electrons. The number of carboxylic acids is 1. The van der Waals surface area contributed by atoms with E-state index in [4.69, 9.17) is 0 Å². The van der Waals surface area contributed by atoms with E-state index in [2.05, 4.69) is 15.3 Å². The summed E-state index contributed by atoms with van der Waals surface area (Å²) in [6.07, 6.45) is 6.21. The number of aryl methyl sites for hydroxylation is 1. The van der Waals surface area contributed by atoms with Gasteiger partial charge < -0.3 is 10.4 Å². The second-order valence-corrected chi connectivity index (χ2v) is 5.45. The molecule has 1 aliphatic heterocycles. The van der Waals surface area contributed by atoms with Gasteiger partial charge in [-0.1, -0.05) is 6.42 Å². The minimum Gasteiger partial charge on any atom is -0.478 e. The number of aromatic carboxylic acids is 1. The topological polar surface area (TPSA) is 70.4 Å². The summed E-state index contributed by atoms with van der Waals surface area (Å²) < 4.78 is 1.69. The second-order valence-electron chi connectivity index (χ2n) is 5.45. The molecule has 1 fully saturated rings. The Hall–Kier alpha value is -1.40. The van der Waals surface area contributed by atoms with Gasteiger partial charge in [0.1, 0.15) is 5.56 Å². The first kappa shape index (κ1) is 15.0. The maximum absolute atomic E-state index is 11.2. The number of aromatic nitrogens is 2. The zero-order valence-electron chi connectivity index (χ0n) is 12.3. The first-order valence-electron chi connectivity index (χ1n) is 7.26. The molecule has 0 spiro atoms. The molecule has 20 heavy (non-hydrogen) atoms. The van der Waals surface area contributed by atoms with Crippen LogP contribution >= 0.6 is 0 Å². The van der Waals surface area contributed by atoms with Gasteiger partial charge in [0.2, 0.25) is 0 Å². The molecular formula is C14H24N4O2. The molecule has 0 bridgehead atoms. The van der Waals surface area contributed by atoms with Gasteiger partial charge in [0.15, 0.2) is 0 Å². The van der Waals surface area contributed by atoms with Crippen molar-refractivity contribution < 1.29 is 9.90 Å². The number of nitrogens with zero attached hydrogens (tertiary/aromatic N) is 3. The maximum Gasteiger partial charge on any atom is 0.339 e. The summed E-state index contributed by atoms with van der Waals surface area (Å²) >= 11 is 0. The van der Waals surface area contributed by atoms with Crippen LogP contribution in [0.4, 0.5) is 0 Å². The van der Waals surface area contributed by atoms with E-state index >= 15 is 0 Å². The van der Waals surface area contributed by atoms with Gasteiger partial charge in [0, 0.05) is 19.6 Å². The molecule has 1 aliphatic rings. The highest BCUT2D eigenvalue weighted by Gasteiger charge is 2.25. The first-order chi connectivity index (χ1) is 9.63. The van der Waals surface area contributed by atoms with Gasteiger partial charge in [0.05, 0.1) is 11.9 Å². The summed E-state index contributed by atoms with van der Waals surface area (Å²) in [4.78, 5) is 13.7. The number of hydrogen-bond donors (Lipinski definition) is 2. The minimum absolute atomic E-state index is 0.324. The van der Waals surface area contributed by atoms with E-state index in [-0.39, 0.29) is 0 Å². The fourth-order valence-corrected chi connectivity index (χ4v) is 2.93. The van der Waals surface area contributed by atoms with Crippen molar-refractivity contribution in [3.8, 4) is 0 Å². The number of piperidine rings is 1. The monoisotopic (exact) mass is 280 g/mol. The fraction of sp³-hybridized carbons (Fsp3) is 0.714. The molecular weight excluding hydrogens is 256 g/mol. The van der Waals surface area contributed by atoms with Crippen molar-refractivity contribution in [2.75, 3.05) is 20.1 Å². The maximum atomic E-state index is 11.2. The van der Waals surface area contributed by atoms with Crippen LogP contribution in [-0.4, -0.2) is 51.9 Å². The van der Waals surface area contributed by atoms with Crippen LogP contribution in [-0.2, 0) is 13.6 Å². The van der Waals surface area contributed by atoms with Crippen LogP contribution in [0.25, 0.3) is 0 Å². The highest BCUT2D eigenvalue weighted by molar-refractivity contribution is 5.88. The quantitative estimate of drug-likeness (QED) is 0.816. The fourth-order valence-electron chi connectivity index (χ4n) is 2.93. The van der Waals surface area contributed by atoms with Crippen LogP contribution < -0.4 is 5.32 Å². The van der Waals surface area contributed by atoms with Gasteiger partial charge in [0.25, 0.3) is 0 Å². The lowest BCUT2D eigenvalue weighted by Gasteiger charge is -2.35. The largest absolute Gasteiger partial charge is 0.478 e. The van der Waals surface area contributed by atoms with E-state index in [0.717, 1.165) is 25.2 Å². The lowest BCUT2D eigenvalue weighted by atomic mass is 9.98. The summed E-state index contributed by atoms with van der Waals surface area (Å²) in [7, 11) is 3.78. The molecule has 2 N–H and O–H groups in total. The summed E-state index contributed by atoms with van der Waals surface area (Å²) in [5.74, 6) is -0.892. The Bertz CT molecular complexity index is 458. The third kappa shape index (κ3) is 3.37. The number of hydrogen-bond acceptors (Lipinski definition) is 4. The molecule has 6 nitrogen and oxygen atoms in total. The van der Waals surface area contributed by atoms with Crippen molar-refractivity contribution >= 4 is 5.97 Å². The molecule has 0 aliphatic carbocycles. The van der Waals surface area contributed by atoms with Gasteiger partial charge in [-0.25, -0.2) is 4.79 Å².